The summed E-state index contributed by atoms with van der Waals surface area (Å²) in [5.41, 5.74) is 5.88. The summed E-state index contributed by atoms with van der Waals surface area (Å²) in [6.07, 6.45) is 1.25. The monoisotopic (exact) mass is 1820 g/mol. The molecule has 0 saturated carbocycles. The van der Waals surface area contributed by atoms with Crippen molar-refractivity contribution in [2.75, 3.05) is 145 Å². The Balaban J connectivity index is 0.000000313. The highest BCUT2D eigenvalue weighted by Gasteiger charge is 2.33. The number of halogens is 6. The van der Waals surface area contributed by atoms with Crippen molar-refractivity contribution in [1.82, 2.24) is 50.7 Å². The lowest BCUT2D eigenvalue weighted by Gasteiger charge is -2.36. The van der Waals surface area contributed by atoms with E-state index in [0.717, 1.165) is 110 Å². The van der Waals surface area contributed by atoms with Gasteiger partial charge in [-0.05, 0) is 133 Å². The zero-order valence-electron chi connectivity index (χ0n) is 75.9. The van der Waals surface area contributed by atoms with Gasteiger partial charge in [0.2, 0.25) is 23.6 Å². The summed E-state index contributed by atoms with van der Waals surface area (Å²) in [6.45, 7) is 40.5. The van der Waals surface area contributed by atoms with E-state index in [1.807, 2.05) is 202 Å². The number of rotatable bonds is 36. The predicted molar refractivity (Wildman–Crippen MR) is 505 cm³/mol. The molecule has 9 rings (SSSR count). The molecule has 3 fully saturated rings. The van der Waals surface area contributed by atoms with Gasteiger partial charge in [0, 0.05) is 192 Å². The number of carbonyl (C=O) groups is 11. The minimum absolute atomic E-state index is 0.00538. The summed E-state index contributed by atoms with van der Waals surface area (Å²) >= 11 is 35.5. The van der Waals surface area contributed by atoms with Crippen molar-refractivity contribution in [1.29, 1.82) is 0 Å². The molecule has 27 heteroatoms. The third-order valence-electron chi connectivity index (χ3n) is 21.8. The Bertz CT molecular complexity index is 4200. The highest BCUT2D eigenvalue weighted by Crippen LogP contribution is 2.31. The molecule has 124 heavy (non-hydrogen) atoms. The van der Waals surface area contributed by atoms with Gasteiger partial charge in [0.1, 0.15) is 40.5 Å². The molecule has 6 atom stereocenters. The van der Waals surface area contributed by atoms with Gasteiger partial charge in [-0.25, -0.2) is 0 Å². The molecule has 0 unspecified atom stereocenters. The summed E-state index contributed by atoms with van der Waals surface area (Å²) in [4.78, 5) is 143. The fraction of sp³-hybridized carbons (Fsp3) is 0.515. The predicted octanol–water partition coefficient (Wildman–Crippen LogP) is 16.1. The molecule has 680 valence electrons. The van der Waals surface area contributed by atoms with E-state index in [1.165, 1.54) is 18.2 Å². The molecule has 4 amide bonds. The smallest absolute Gasteiger partial charge is 0.236 e. The van der Waals surface area contributed by atoms with Gasteiger partial charge in [0.05, 0.1) is 55.1 Å². The first kappa shape index (κ1) is 109. The number of hydrogen-bond acceptors (Lipinski definition) is 17. The van der Waals surface area contributed by atoms with Gasteiger partial charge >= 0.3 is 0 Å². The number of carbonyl (C=O) groups excluding carboxylic acids is 11. The highest BCUT2D eigenvalue weighted by molar-refractivity contribution is 6.32. The zero-order chi connectivity index (χ0) is 92.6. The second-order valence-corrected chi connectivity index (χ2v) is 36.4. The van der Waals surface area contributed by atoms with Crippen molar-refractivity contribution in [3.63, 3.8) is 0 Å². The van der Waals surface area contributed by atoms with E-state index >= 15 is 0 Å². The lowest BCUT2D eigenvalue weighted by Crippen LogP contribution is -2.49. The highest BCUT2D eigenvalue weighted by atomic mass is 35.5. The van der Waals surface area contributed by atoms with Crippen molar-refractivity contribution in [2.45, 2.75) is 146 Å². The second-order valence-electron chi connectivity index (χ2n) is 33.8. The Hall–Kier alpha value is -7.61. The van der Waals surface area contributed by atoms with Gasteiger partial charge in [-0.1, -0.05) is 225 Å². The molecule has 4 N–H and O–H groups in total. The fourth-order valence-corrected chi connectivity index (χ4v) is 14.7. The van der Waals surface area contributed by atoms with E-state index < -0.39 is 0 Å². The molecular formula is C97H134Cl6N10O11. The number of ketones is 7. The SMILES string of the molecule is CC(=O)CNC[C@@H](C(=O)C(C)C)c1ccc(Cl)cc1.CC(=O)N1CCN(C[C@@H](C(=O)C(C)C)c2ccc(Cl)cc2)CC1.CC(=O)N1CCN(C[C@H](C(=O)C(C)C)c2ccc(Cl)cc2)CC1.CC(C)C(=O)[C@@H](CN1CCC1)c1ccc(Cl)cc1.CC(C)C(=O)[C@H](CNCC(=O)N(C)C)c1ccc(Cl)cc1.CNC(=O)CNC[C@@H](C(=O)C(C)C)c1ccc(Cl)cc1. The summed E-state index contributed by atoms with van der Waals surface area (Å²) < 4.78 is 0. The van der Waals surface area contributed by atoms with E-state index in [1.54, 1.807) is 71.4 Å². The van der Waals surface area contributed by atoms with E-state index in [2.05, 4.69) is 36.0 Å². The number of nitrogens with one attached hydrogen (secondary N) is 4. The first-order valence-corrected chi connectivity index (χ1v) is 45.3. The number of amides is 4. The Labute approximate surface area is 767 Å². The number of Topliss-reactive ketones (excluding diaryl/α,β-unsaturated/α-hetero) is 7. The van der Waals surface area contributed by atoms with Gasteiger partial charge in [0.15, 0.2) is 0 Å². The normalized spacial score (nSPS) is 15.0. The first-order valence-electron chi connectivity index (χ1n) is 43.0. The number of nitrogens with zero attached hydrogens (tertiary/aromatic N) is 6. The van der Waals surface area contributed by atoms with Crippen LogP contribution in [0.5, 0.6) is 0 Å². The Morgan fingerprint density at radius 1 is 0.306 bits per heavy atom. The molecule has 21 nitrogen and oxygen atoms in total. The molecule has 0 radical (unpaired) electrons. The molecule has 3 heterocycles. The van der Waals surface area contributed by atoms with Crippen molar-refractivity contribution < 1.29 is 52.7 Å². The number of piperazine rings is 2. The standard InChI is InChI=1S/2C18H25ClN2O2.C16H23ClN2O2.C15H21ClN2O2.C15H20ClNO2.C15H20ClNO/c2*1-13(2)18(23)17(15-4-6-16(19)7-5-15)12-20-8-10-21(11-9-20)14(3)22;1-11(2)16(21)14(9-18-10-15(20)19(3)4)12-5-7-13(17)8-6-12;1-10(2)15(20)13(8-18-9-14(19)17-3)11-4-6-12(16)7-5-11;1-10(2)15(19)14(9-17-8-11(3)18)12-4-6-13(16)7-5-12;1-11(2)15(18)14(10-17-8-3-9-17)12-4-6-13(16)7-5-12/h2*4-7,13,17H,8-12H2,1-3H3;5-8,11,14,18H,9-10H2,1-4H3;4-7,10,13,18H,8-9H2,1-3H3,(H,17,19);4-7,10,14,17H,8-9H2,1-3H3;4-7,11,14H,3,8-10H2,1-2H3/t2*17-;14-;13-;2*14-/m101110/s1. The van der Waals surface area contributed by atoms with Gasteiger partial charge in [-0.15, -0.1) is 0 Å². The third-order valence-corrected chi connectivity index (χ3v) is 23.3. The zero-order valence-corrected chi connectivity index (χ0v) is 80.4. The van der Waals surface area contributed by atoms with Crippen molar-refractivity contribution in [3.05, 3.63) is 209 Å². The van der Waals surface area contributed by atoms with Crippen LogP contribution in [-0.4, -0.2) is 239 Å². The second kappa shape index (κ2) is 56.6. The van der Waals surface area contributed by atoms with E-state index in [9.17, 15) is 52.7 Å². The van der Waals surface area contributed by atoms with Crippen LogP contribution in [0.25, 0.3) is 0 Å². The quantitative estimate of drug-likeness (QED) is 0.0285. The minimum Gasteiger partial charge on any atom is -0.358 e. The van der Waals surface area contributed by atoms with Crippen molar-refractivity contribution in [2.24, 2.45) is 35.5 Å². The van der Waals surface area contributed by atoms with Gasteiger partial charge < -0.3 is 40.9 Å². The maximum atomic E-state index is 12.7. The largest absolute Gasteiger partial charge is 0.358 e. The van der Waals surface area contributed by atoms with Crippen LogP contribution in [0.1, 0.15) is 179 Å². The Morgan fingerprint density at radius 2 is 0.516 bits per heavy atom. The maximum absolute atomic E-state index is 12.7. The van der Waals surface area contributed by atoms with Crippen LogP contribution in [-0.2, 0) is 52.7 Å². The third kappa shape index (κ3) is 38.9. The summed E-state index contributed by atoms with van der Waals surface area (Å²) in [5.74, 6) is 0.328. The van der Waals surface area contributed by atoms with Gasteiger partial charge in [-0.2, -0.15) is 0 Å². The van der Waals surface area contributed by atoms with Crippen LogP contribution in [0.2, 0.25) is 30.1 Å². The molecule has 3 aliphatic heterocycles. The molecule has 3 saturated heterocycles. The van der Waals surface area contributed by atoms with E-state index in [4.69, 9.17) is 69.6 Å². The Morgan fingerprint density at radius 3 is 0.710 bits per heavy atom. The summed E-state index contributed by atoms with van der Waals surface area (Å²) in [5, 5.41) is 15.7. The first-order chi connectivity index (χ1) is 58.5. The number of benzene rings is 6. The van der Waals surface area contributed by atoms with Crippen LogP contribution in [0, 0.1) is 35.5 Å². The topological polar surface area (TPSA) is 255 Å². The molecular weight excluding hydrogens is 1690 g/mol. The van der Waals surface area contributed by atoms with Crippen molar-refractivity contribution >= 4 is 134 Å². The maximum Gasteiger partial charge on any atom is 0.236 e. The number of hydrogen-bond donors (Lipinski definition) is 4. The molecule has 6 aromatic carbocycles. The lowest BCUT2D eigenvalue weighted by atomic mass is 9.88. The van der Waals surface area contributed by atoms with Gasteiger partial charge in [0.25, 0.3) is 0 Å². The van der Waals surface area contributed by atoms with Crippen LogP contribution in [0.3, 0.4) is 0 Å². The fourth-order valence-electron chi connectivity index (χ4n) is 13.9. The van der Waals surface area contributed by atoms with E-state index in [-0.39, 0.29) is 149 Å². The molecule has 0 aliphatic carbocycles. The lowest BCUT2D eigenvalue weighted by molar-refractivity contribution is -0.131. The van der Waals surface area contributed by atoms with Crippen LogP contribution >= 0.6 is 69.6 Å². The number of likely N-dealkylation sites (tertiary alicyclic amines) is 1. The van der Waals surface area contributed by atoms with Gasteiger partial charge in [-0.3, -0.25) is 62.5 Å². The number of likely N-dealkylation sites (N-methyl/N-ethyl adjacent to an activating group) is 2. The van der Waals surface area contributed by atoms with Crippen LogP contribution < -0.4 is 21.3 Å². The average Bonchev–Trinajstić information content (AvgIpc) is 0.828. The molecule has 0 spiro atoms. The molecule has 0 aromatic heterocycles. The molecule has 6 aromatic rings. The molecule has 3 aliphatic rings. The van der Waals surface area contributed by atoms with E-state index in [0.29, 0.717) is 63.6 Å². The summed E-state index contributed by atoms with van der Waals surface area (Å²) in [7, 11) is 5.00. The van der Waals surface area contributed by atoms with Crippen LogP contribution in [0.4, 0.5) is 0 Å². The average molecular weight is 1830 g/mol. The molecule has 0 bridgehead atoms. The van der Waals surface area contributed by atoms with Crippen LogP contribution in [0.15, 0.2) is 146 Å². The van der Waals surface area contributed by atoms with Crippen molar-refractivity contribution in [3.8, 4) is 0 Å². The summed E-state index contributed by atoms with van der Waals surface area (Å²) in [6, 6.07) is 44.7. The Kier molecular flexibility index (Phi) is 49.6. The minimum atomic E-state index is -0.267.